The highest BCUT2D eigenvalue weighted by Gasteiger charge is 1.96. The van der Waals surface area contributed by atoms with Gasteiger partial charge in [0.15, 0.2) is 0 Å². The SMILES string of the molecule is CNCC=Cc1cc(Br)cnc1N. The molecule has 0 unspecified atom stereocenters. The van der Waals surface area contributed by atoms with Gasteiger partial charge in [0.1, 0.15) is 5.82 Å². The molecule has 0 atom stereocenters. The van der Waals surface area contributed by atoms with Gasteiger partial charge >= 0.3 is 0 Å². The third kappa shape index (κ3) is 3.16. The van der Waals surface area contributed by atoms with Crippen molar-refractivity contribution in [2.75, 3.05) is 19.3 Å². The Hall–Kier alpha value is -0.870. The molecule has 0 aliphatic carbocycles. The van der Waals surface area contributed by atoms with Crippen LogP contribution in [0.1, 0.15) is 5.56 Å². The molecule has 0 aromatic carbocycles. The van der Waals surface area contributed by atoms with E-state index in [9.17, 15) is 0 Å². The van der Waals surface area contributed by atoms with Crippen molar-refractivity contribution in [3.63, 3.8) is 0 Å². The van der Waals surface area contributed by atoms with E-state index in [1.807, 2.05) is 25.3 Å². The number of anilines is 1. The third-order valence-electron chi connectivity index (χ3n) is 1.54. The molecule has 0 aliphatic heterocycles. The van der Waals surface area contributed by atoms with Crippen LogP contribution in [0, 0.1) is 0 Å². The first-order chi connectivity index (χ1) is 6.24. The molecule has 0 spiro atoms. The number of aromatic nitrogens is 1. The Bertz CT molecular complexity index is 310. The molecule has 1 rings (SSSR count). The number of nitrogens with one attached hydrogen (secondary N) is 1. The van der Waals surface area contributed by atoms with Crippen LogP contribution in [0.3, 0.4) is 0 Å². The Morgan fingerprint density at radius 3 is 3.15 bits per heavy atom. The lowest BCUT2D eigenvalue weighted by Crippen LogP contribution is -2.03. The molecule has 0 saturated carbocycles. The Morgan fingerprint density at radius 2 is 2.46 bits per heavy atom. The number of rotatable bonds is 3. The lowest BCUT2D eigenvalue weighted by Gasteiger charge is -1.99. The summed E-state index contributed by atoms with van der Waals surface area (Å²) in [5, 5.41) is 3.01. The number of nitrogens with two attached hydrogens (primary N) is 1. The highest BCUT2D eigenvalue weighted by atomic mass is 79.9. The monoisotopic (exact) mass is 241 g/mol. The van der Waals surface area contributed by atoms with Gasteiger partial charge < -0.3 is 11.1 Å². The molecule has 0 bridgehead atoms. The Kier molecular flexibility index (Phi) is 3.92. The van der Waals surface area contributed by atoms with Crippen molar-refractivity contribution >= 4 is 27.8 Å². The number of nitrogens with zero attached hydrogens (tertiary/aromatic N) is 1. The van der Waals surface area contributed by atoms with Crippen molar-refractivity contribution in [3.05, 3.63) is 28.4 Å². The van der Waals surface area contributed by atoms with E-state index in [-0.39, 0.29) is 0 Å². The minimum absolute atomic E-state index is 0.551. The lowest BCUT2D eigenvalue weighted by atomic mass is 10.2. The second kappa shape index (κ2) is 4.99. The summed E-state index contributed by atoms with van der Waals surface area (Å²) in [6.45, 7) is 0.825. The van der Waals surface area contributed by atoms with Crippen molar-refractivity contribution < 1.29 is 0 Å². The molecule has 1 heterocycles. The number of halogens is 1. The maximum Gasteiger partial charge on any atom is 0.130 e. The van der Waals surface area contributed by atoms with E-state index in [4.69, 9.17) is 5.73 Å². The highest BCUT2D eigenvalue weighted by molar-refractivity contribution is 9.10. The van der Waals surface area contributed by atoms with Gasteiger partial charge in [0.05, 0.1) is 0 Å². The van der Waals surface area contributed by atoms with E-state index in [0.29, 0.717) is 5.82 Å². The van der Waals surface area contributed by atoms with Crippen LogP contribution in [-0.2, 0) is 0 Å². The summed E-state index contributed by atoms with van der Waals surface area (Å²) >= 11 is 3.34. The van der Waals surface area contributed by atoms with Crippen molar-refractivity contribution in [2.24, 2.45) is 0 Å². The van der Waals surface area contributed by atoms with E-state index < -0.39 is 0 Å². The maximum absolute atomic E-state index is 5.67. The molecule has 4 heteroatoms. The molecule has 13 heavy (non-hydrogen) atoms. The molecule has 1 aromatic rings. The van der Waals surface area contributed by atoms with Gasteiger partial charge in [0, 0.05) is 22.8 Å². The summed E-state index contributed by atoms with van der Waals surface area (Å²) in [5.74, 6) is 0.551. The van der Waals surface area contributed by atoms with Gasteiger partial charge in [-0.2, -0.15) is 0 Å². The van der Waals surface area contributed by atoms with Gasteiger partial charge in [-0.3, -0.25) is 0 Å². The predicted molar refractivity (Wildman–Crippen MR) is 59.3 cm³/mol. The largest absolute Gasteiger partial charge is 0.383 e. The standard InChI is InChI=1S/C9H12BrN3/c1-12-4-2-3-7-5-8(10)6-13-9(7)11/h2-3,5-6,12H,4H2,1H3,(H2,11,13). The van der Waals surface area contributed by atoms with Gasteiger partial charge in [-0.15, -0.1) is 0 Å². The Labute approximate surface area is 86.2 Å². The van der Waals surface area contributed by atoms with E-state index in [0.717, 1.165) is 16.6 Å². The molecule has 0 saturated heterocycles. The molecule has 0 fully saturated rings. The van der Waals surface area contributed by atoms with E-state index in [1.54, 1.807) is 6.20 Å². The van der Waals surface area contributed by atoms with Crippen LogP contribution in [0.5, 0.6) is 0 Å². The summed E-state index contributed by atoms with van der Waals surface area (Å²) in [4.78, 5) is 4.02. The Morgan fingerprint density at radius 1 is 1.69 bits per heavy atom. The summed E-state index contributed by atoms with van der Waals surface area (Å²) in [6.07, 6.45) is 5.63. The fourth-order valence-corrected chi connectivity index (χ4v) is 1.25. The fourth-order valence-electron chi connectivity index (χ4n) is 0.903. The van der Waals surface area contributed by atoms with E-state index in [2.05, 4.69) is 26.2 Å². The summed E-state index contributed by atoms with van der Waals surface area (Å²) in [7, 11) is 1.90. The highest BCUT2D eigenvalue weighted by Crippen LogP contribution is 2.16. The second-order valence-corrected chi connectivity index (χ2v) is 3.50. The van der Waals surface area contributed by atoms with Crippen LogP contribution < -0.4 is 11.1 Å². The zero-order valence-electron chi connectivity index (χ0n) is 7.42. The predicted octanol–water partition coefficient (Wildman–Crippen LogP) is 1.66. The third-order valence-corrected chi connectivity index (χ3v) is 1.97. The first kappa shape index (κ1) is 10.2. The fraction of sp³-hybridized carbons (Fsp3) is 0.222. The molecule has 1 aromatic heterocycles. The van der Waals surface area contributed by atoms with Crippen LogP contribution in [0.4, 0.5) is 5.82 Å². The second-order valence-electron chi connectivity index (χ2n) is 2.59. The maximum atomic E-state index is 5.67. The van der Waals surface area contributed by atoms with Gasteiger partial charge in [-0.1, -0.05) is 12.2 Å². The quantitative estimate of drug-likeness (QED) is 0.847. The zero-order chi connectivity index (χ0) is 9.68. The van der Waals surface area contributed by atoms with Crippen LogP contribution in [-0.4, -0.2) is 18.6 Å². The van der Waals surface area contributed by atoms with E-state index >= 15 is 0 Å². The van der Waals surface area contributed by atoms with Crippen molar-refractivity contribution in [3.8, 4) is 0 Å². The first-order valence-corrected chi connectivity index (χ1v) is 4.75. The minimum Gasteiger partial charge on any atom is -0.383 e. The Balaban J connectivity index is 2.81. The lowest BCUT2D eigenvalue weighted by molar-refractivity contribution is 0.922. The minimum atomic E-state index is 0.551. The van der Waals surface area contributed by atoms with Gasteiger partial charge in [0.25, 0.3) is 0 Å². The van der Waals surface area contributed by atoms with Crippen LogP contribution in [0.2, 0.25) is 0 Å². The average Bonchev–Trinajstić information content (AvgIpc) is 2.11. The van der Waals surface area contributed by atoms with Crippen molar-refractivity contribution in [2.45, 2.75) is 0 Å². The number of pyridine rings is 1. The molecule has 3 nitrogen and oxygen atoms in total. The number of hydrogen-bond donors (Lipinski definition) is 2. The molecule has 0 amide bonds. The first-order valence-electron chi connectivity index (χ1n) is 3.96. The normalized spacial score (nSPS) is 10.9. The summed E-state index contributed by atoms with van der Waals surface area (Å²) in [6, 6.07) is 1.94. The van der Waals surface area contributed by atoms with Gasteiger partial charge in [-0.05, 0) is 29.0 Å². The van der Waals surface area contributed by atoms with Crippen LogP contribution in [0.25, 0.3) is 6.08 Å². The summed E-state index contributed by atoms with van der Waals surface area (Å²) in [5.41, 5.74) is 6.60. The number of nitrogen functional groups attached to an aromatic ring is 1. The summed E-state index contributed by atoms with van der Waals surface area (Å²) < 4.78 is 0.936. The molecule has 3 N–H and O–H groups in total. The smallest absolute Gasteiger partial charge is 0.130 e. The van der Waals surface area contributed by atoms with Gasteiger partial charge in [0.2, 0.25) is 0 Å². The average molecular weight is 242 g/mol. The zero-order valence-corrected chi connectivity index (χ0v) is 9.01. The number of likely N-dealkylation sites (N-methyl/N-ethyl adjacent to an activating group) is 1. The molecular weight excluding hydrogens is 230 g/mol. The number of hydrogen-bond acceptors (Lipinski definition) is 3. The van der Waals surface area contributed by atoms with Crippen LogP contribution >= 0.6 is 15.9 Å². The molecule has 70 valence electrons. The van der Waals surface area contributed by atoms with Gasteiger partial charge in [-0.25, -0.2) is 4.98 Å². The molecule has 0 radical (unpaired) electrons. The topological polar surface area (TPSA) is 50.9 Å². The van der Waals surface area contributed by atoms with Crippen LogP contribution in [0.15, 0.2) is 22.8 Å². The molecular formula is C9H12BrN3. The van der Waals surface area contributed by atoms with E-state index in [1.165, 1.54) is 0 Å². The molecule has 0 aliphatic rings. The van der Waals surface area contributed by atoms with Crippen molar-refractivity contribution in [1.29, 1.82) is 0 Å². The van der Waals surface area contributed by atoms with Crippen molar-refractivity contribution in [1.82, 2.24) is 10.3 Å².